The molecule has 2 aliphatic heterocycles. The molecule has 0 aromatic carbocycles. The summed E-state index contributed by atoms with van der Waals surface area (Å²) in [7, 11) is 1.74. The van der Waals surface area contributed by atoms with E-state index >= 15 is 0 Å². The van der Waals surface area contributed by atoms with E-state index in [-0.39, 0.29) is 11.3 Å². The first kappa shape index (κ1) is 14.8. The molecule has 2 heterocycles. The number of carbonyl (C=O) groups is 1. The Balaban J connectivity index is 1.92. The average Bonchev–Trinajstić information content (AvgIpc) is 2.48. The van der Waals surface area contributed by atoms with E-state index in [1.165, 1.54) is 0 Å². The van der Waals surface area contributed by atoms with Crippen molar-refractivity contribution in [2.75, 3.05) is 46.6 Å². The van der Waals surface area contributed by atoms with Gasteiger partial charge in [-0.2, -0.15) is 0 Å². The molecule has 0 radical (unpaired) electrons. The van der Waals surface area contributed by atoms with Gasteiger partial charge in [0.15, 0.2) is 0 Å². The molecule has 0 bridgehead atoms. The lowest BCUT2D eigenvalue weighted by molar-refractivity contribution is -0.148. The van der Waals surface area contributed by atoms with Crippen LogP contribution in [-0.4, -0.2) is 57.4 Å². The molecule has 0 aliphatic carbocycles. The number of nitrogens with two attached hydrogens (primary N) is 1. The lowest BCUT2D eigenvalue weighted by Gasteiger charge is -2.41. The number of nitrogens with zero attached hydrogens (tertiary/aromatic N) is 1. The molecule has 2 fully saturated rings. The van der Waals surface area contributed by atoms with Crippen LogP contribution in [0.2, 0.25) is 0 Å². The molecule has 1 amide bonds. The largest absolute Gasteiger partial charge is 0.384 e. The van der Waals surface area contributed by atoms with Crippen molar-refractivity contribution in [1.29, 1.82) is 0 Å². The topological polar surface area (TPSA) is 64.8 Å². The summed E-state index contributed by atoms with van der Waals surface area (Å²) in [6.45, 7) is 4.24. The van der Waals surface area contributed by atoms with Gasteiger partial charge in [-0.05, 0) is 31.6 Å². The Bertz CT molecular complexity index is 295. The van der Waals surface area contributed by atoms with Crippen molar-refractivity contribution in [3.05, 3.63) is 0 Å². The third kappa shape index (κ3) is 3.27. The summed E-state index contributed by atoms with van der Waals surface area (Å²) in [6, 6.07) is 0. The van der Waals surface area contributed by atoms with Gasteiger partial charge in [0.25, 0.3) is 0 Å². The predicted octanol–water partition coefficient (Wildman–Crippen LogP) is 0.627. The van der Waals surface area contributed by atoms with E-state index in [4.69, 9.17) is 15.2 Å². The number of ether oxygens (including phenoxy) is 2. The van der Waals surface area contributed by atoms with E-state index in [1.54, 1.807) is 7.11 Å². The van der Waals surface area contributed by atoms with Crippen LogP contribution in [0.3, 0.4) is 0 Å². The van der Waals surface area contributed by atoms with Gasteiger partial charge in [0.05, 0.1) is 5.41 Å². The van der Waals surface area contributed by atoms with Crippen molar-refractivity contribution < 1.29 is 14.3 Å². The van der Waals surface area contributed by atoms with Crippen LogP contribution >= 0.6 is 0 Å². The average molecular weight is 270 g/mol. The fourth-order valence-electron chi connectivity index (χ4n) is 3.14. The molecule has 2 aliphatic rings. The van der Waals surface area contributed by atoms with Gasteiger partial charge in [-0.3, -0.25) is 4.79 Å². The van der Waals surface area contributed by atoms with Gasteiger partial charge < -0.3 is 20.1 Å². The molecule has 2 saturated heterocycles. The molecule has 19 heavy (non-hydrogen) atoms. The number of methoxy groups -OCH3 is 1. The van der Waals surface area contributed by atoms with Gasteiger partial charge in [0, 0.05) is 46.6 Å². The zero-order valence-corrected chi connectivity index (χ0v) is 11.9. The summed E-state index contributed by atoms with van der Waals surface area (Å²) in [6.07, 6.45) is 3.61. The second-order valence-electron chi connectivity index (χ2n) is 5.79. The Labute approximate surface area is 115 Å². The fourth-order valence-corrected chi connectivity index (χ4v) is 3.14. The second-order valence-corrected chi connectivity index (χ2v) is 5.79. The van der Waals surface area contributed by atoms with E-state index in [2.05, 4.69) is 0 Å². The molecule has 5 nitrogen and oxygen atoms in total. The number of rotatable bonds is 4. The quantitative estimate of drug-likeness (QED) is 0.813. The first-order valence-electron chi connectivity index (χ1n) is 7.28. The number of likely N-dealkylation sites (tertiary alicyclic amines) is 1. The Morgan fingerprint density at radius 3 is 2.53 bits per heavy atom. The van der Waals surface area contributed by atoms with Gasteiger partial charge in [-0.1, -0.05) is 0 Å². The molecule has 5 heteroatoms. The van der Waals surface area contributed by atoms with Crippen LogP contribution in [0.15, 0.2) is 0 Å². The first-order chi connectivity index (χ1) is 9.22. The zero-order chi connectivity index (χ0) is 13.7. The van der Waals surface area contributed by atoms with E-state index in [0.29, 0.717) is 25.7 Å². The van der Waals surface area contributed by atoms with Gasteiger partial charge in [0.1, 0.15) is 0 Å². The molecule has 2 N–H and O–H groups in total. The van der Waals surface area contributed by atoms with Crippen LogP contribution in [0.1, 0.15) is 25.7 Å². The maximum absolute atomic E-state index is 12.7. The molecule has 0 spiro atoms. The first-order valence-corrected chi connectivity index (χ1v) is 7.28. The molecule has 0 saturated carbocycles. The third-order valence-corrected chi connectivity index (χ3v) is 4.60. The highest BCUT2D eigenvalue weighted by molar-refractivity contribution is 5.83. The predicted molar refractivity (Wildman–Crippen MR) is 72.7 cm³/mol. The Kier molecular flexibility index (Phi) is 5.19. The summed E-state index contributed by atoms with van der Waals surface area (Å²) < 4.78 is 10.6. The third-order valence-electron chi connectivity index (χ3n) is 4.60. The lowest BCUT2D eigenvalue weighted by atomic mass is 9.78. The van der Waals surface area contributed by atoms with Gasteiger partial charge in [-0.25, -0.2) is 0 Å². The van der Waals surface area contributed by atoms with Crippen LogP contribution < -0.4 is 5.73 Å². The highest BCUT2D eigenvalue weighted by Gasteiger charge is 2.42. The maximum atomic E-state index is 12.7. The van der Waals surface area contributed by atoms with Crippen molar-refractivity contribution in [3.63, 3.8) is 0 Å². The summed E-state index contributed by atoms with van der Waals surface area (Å²) in [5, 5.41) is 0. The van der Waals surface area contributed by atoms with Crippen LogP contribution in [0, 0.1) is 11.3 Å². The minimum absolute atomic E-state index is 0.245. The molecule has 0 aromatic rings. The van der Waals surface area contributed by atoms with Gasteiger partial charge in [0.2, 0.25) is 5.91 Å². The highest BCUT2D eigenvalue weighted by atomic mass is 16.5. The van der Waals surface area contributed by atoms with E-state index < -0.39 is 0 Å². The van der Waals surface area contributed by atoms with E-state index in [1.807, 2.05) is 4.90 Å². The standard InChI is InChI=1S/C14H26N2O3/c1-18-10-12-2-6-16(7-3-12)13(17)14(11-15)4-8-19-9-5-14/h12H,2-11,15H2,1H3. The van der Waals surface area contributed by atoms with Crippen molar-refractivity contribution in [2.24, 2.45) is 17.1 Å². The molecule has 0 atom stereocenters. The summed E-state index contributed by atoms with van der Waals surface area (Å²) in [4.78, 5) is 14.7. The van der Waals surface area contributed by atoms with E-state index in [0.717, 1.165) is 45.4 Å². The lowest BCUT2D eigenvalue weighted by Crippen LogP contribution is -2.52. The van der Waals surface area contributed by atoms with Crippen LogP contribution in [0.25, 0.3) is 0 Å². The molecule has 110 valence electrons. The molecular formula is C14H26N2O3. The summed E-state index contributed by atoms with van der Waals surface area (Å²) in [5.41, 5.74) is 5.53. The molecule has 2 rings (SSSR count). The van der Waals surface area contributed by atoms with Crippen molar-refractivity contribution in [3.8, 4) is 0 Å². The highest BCUT2D eigenvalue weighted by Crippen LogP contribution is 2.33. The Hall–Kier alpha value is -0.650. The minimum Gasteiger partial charge on any atom is -0.384 e. The number of amides is 1. The fraction of sp³-hybridized carbons (Fsp3) is 0.929. The van der Waals surface area contributed by atoms with Crippen molar-refractivity contribution in [1.82, 2.24) is 4.90 Å². The monoisotopic (exact) mass is 270 g/mol. The number of hydrogen-bond acceptors (Lipinski definition) is 4. The summed E-state index contributed by atoms with van der Waals surface area (Å²) >= 11 is 0. The van der Waals surface area contributed by atoms with Crippen molar-refractivity contribution in [2.45, 2.75) is 25.7 Å². The van der Waals surface area contributed by atoms with Crippen molar-refractivity contribution >= 4 is 5.91 Å². The smallest absolute Gasteiger partial charge is 0.230 e. The van der Waals surface area contributed by atoms with Crippen LogP contribution in [0.5, 0.6) is 0 Å². The molecular weight excluding hydrogens is 244 g/mol. The summed E-state index contributed by atoms with van der Waals surface area (Å²) in [5.74, 6) is 0.840. The second kappa shape index (κ2) is 6.68. The number of piperidine rings is 1. The minimum atomic E-state index is -0.369. The maximum Gasteiger partial charge on any atom is 0.230 e. The van der Waals surface area contributed by atoms with Gasteiger partial charge in [-0.15, -0.1) is 0 Å². The zero-order valence-electron chi connectivity index (χ0n) is 11.9. The normalized spacial score (nSPS) is 24.4. The Morgan fingerprint density at radius 2 is 2.00 bits per heavy atom. The SMILES string of the molecule is COCC1CCN(C(=O)C2(CN)CCOCC2)CC1. The van der Waals surface area contributed by atoms with Crippen LogP contribution in [-0.2, 0) is 14.3 Å². The molecule has 0 unspecified atom stereocenters. The Morgan fingerprint density at radius 1 is 1.37 bits per heavy atom. The molecule has 0 aromatic heterocycles. The number of carbonyl (C=O) groups excluding carboxylic acids is 1. The number of hydrogen-bond donors (Lipinski definition) is 1. The van der Waals surface area contributed by atoms with E-state index in [9.17, 15) is 4.79 Å². The van der Waals surface area contributed by atoms with Gasteiger partial charge >= 0.3 is 0 Å². The van der Waals surface area contributed by atoms with Crippen LogP contribution in [0.4, 0.5) is 0 Å².